The Morgan fingerprint density at radius 3 is 1.74 bits per heavy atom. The van der Waals surface area contributed by atoms with Gasteiger partial charge in [0.1, 0.15) is 0 Å². The molecule has 12 nitrogen and oxygen atoms in total. The van der Waals surface area contributed by atoms with Crippen molar-refractivity contribution in [2.24, 2.45) is 0 Å². The fourth-order valence-corrected chi connectivity index (χ4v) is 5.38. The van der Waals surface area contributed by atoms with Gasteiger partial charge in [-0.1, -0.05) is 12.1 Å². The Morgan fingerprint density at radius 1 is 0.881 bits per heavy atom. The van der Waals surface area contributed by atoms with E-state index in [0.717, 1.165) is 25.9 Å². The third kappa shape index (κ3) is 10.8. The molecule has 3 rings (SSSR count). The fraction of sp³-hybridized carbons (Fsp3) is 0.500. The maximum absolute atomic E-state index is 11.7. The Bertz CT molecular complexity index is 1200. The Balaban J connectivity index is 0.000000401. The van der Waals surface area contributed by atoms with Gasteiger partial charge in [-0.2, -0.15) is 0 Å². The molecule has 0 unspecified atom stereocenters. The van der Waals surface area contributed by atoms with Crippen LogP contribution in [0.3, 0.4) is 0 Å². The maximum Gasteiger partial charge on any atom is 0.337 e. The van der Waals surface area contributed by atoms with Crippen molar-refractivity contribution in [3.63, 3.8) is 0 Å². The molecule has 0 saturated carbocycles. The summed E-state index contributed by atoms with van der Waals surface area (Å²) in [6.07, 6.45) is 3.59. The number of rotatable bonds is 11. The maximum atomic E-state index is 11.7. The van der Waals surface area contributed by atoms with Crippen molar-refractivity contribution in [2.75, 3.05) is 7.11 Å². The largest absolute Gasteiger partial charge is 0.481 e. The zero-order valence-electron chi connectivity index (χ0n) is 24.7. The average Bonchev–Trinajstić information content (AvgIpc) is 2.86. The first kappa shape index (κ1) is 34.3. The van der Waals surface area contributed by atoms with Crippen LogP contribution in [0.25, 0.3) is 0 Å². The number of benzene rings is 1. The van der Waals surface area contributed by atoms with E-state index in [1.165, 1.54) is 18.2 Å². The van der Waals surface area contributed by atoms with Crippen LogP contribution in [0.15, 0.2) is 48.8 Å². The molecule has 0 aliphatic carbocycles. The van der Waals surface area contributed by atoms with Gasteiger partial charge >= 0.3 is 23.9 Å². The summed E-state index contributed by atoms with van der Waals surface area (Å²) in [4.78, 5) is 48.9. The van der Waals surface area contributed by atoms with Gasteiger partial charge in [-0.05, 0) is 75.9 Å². The number of aromatic nitrogens is 1. The van der Waals surface area contributed by atoms with Crippen LogP contribution in [0, 0.1) is 0 Å². The molecule has 1 saturated heterocycles. The molecule has 0 bridgehead atoms. The monoisotopic (exact) mass is 587 g/mol. The number of aliphatic hydroxyl groups is 1. The van der Waals surface area contributed by atoms with Crippen LogP contribution in [-0.4, -0.2) is 84.0 Å². The van der Waals surface area contributed by atoms with Crippen LogP contribution in [0.4, 0.5) is 0 Å². The molecule has 12 heteroatoms. The predicted molar refractivity (Wildman–Crippen MR) is 153 cm³/mol. The molecule has 1 aliphatic rings. The third-order valence-electron chi connectivity index (χ3n) is 6.87. The van der Waals surface area contributed by atoms with Crippen molar-refractivity contribution in [2.45, 2.75) is 89.2 Å². The van der Waals surface area contributed by atoms with E-state index < -0.39 is 36.4 Å². The smallest absolute Gasteiger partial charge is 0.337 e. The number of methoxy groups -OCH3 is 1. The zero-order valence-corrected chi connectivity index (χ0v) is 24.7. The van der Waals surface area contributed by atoms with E-state index in [9.17, 15) is 19.2 Å². The highest BCUT2D eigenvalue weighted by Gasteiger charge is 2.41. The summed E-state index contributed by atoms with van der Waals surface area (Å²) in [5.74, 6) is -5.32. The highest BCUT2D eigenvalue weighted by molar-refractivity contribution is 5.89. The minimum absolute atomic E-state index is 0.0810. The van der Waals surface area contributed by atoms with Crippen molar-refractivity contribution in [3.05, 3.63) is 65.5 Å². The van der Waals surface area contributed by atoms with Crippen molar-refractivity contribution in [3.8, 4) is 0 Å². The highest BCUT2D eigenvalue weighted by atomic mass is 16.5. The van der Waals surface area contributed by atoms with Crippen LogP contribution in [0.2, 0.25) is 0 Å². The van der Waals surface area contributed by atoms with Gasteiger partial charge in [0.05, 0.1) is 25.5 Å². The number of carboxylic acids is 3. The van der Waals surface area contributed by atoms with Gasteiger partial charge in [-0.25, -0.2) is 9.59 Å². The molecule has 0 spiro atoms. The molecule has 0 radical (unpaired) electrons. The predicted octanol–water partition coefficient (Wildman–Crippen LogP) is 2.93. The van der Waals surface area contributed by atoms with Crippen LogP contribution in [-0.2, 0) is 32.2 Å². The van der Waals surface area contributed by atoms with Crippen LogP contribution in [0.1, 0.15) is 74.9 Å². The van der Waals surface area contributed by atoms with Crippen LogP contribution < -0.4 is 5.32 Å². The minimum Gasteiger partial charge on any atom is -0.481 e. The molecule has 1 aromatic heterocycles. The van der Waals surface area contributed by atoms with Gasteiger partial charge in [0.25, 0.3) is 0 Å². The lowest BCUT2D eigenvalue weighted by Gasteiger charge is -2.49. The molecule has 2 heterocycles. The number of pyridine rings is 1. The second kappa shape index (κ2) is 14.3. The number of piperidine rings is 1. The molecule has 42 heavy (non-hydrogen) atoms. The average molecular weight is 588 g/mol. The summed E-state index contributed by atoms with van der Waals surface area (Å²) in [5.41, 5.74) is 0.467. The lowest BCUT2D eigenvalue weighted by molar-refractivity contribution is -0.170. The van der Waals surface area contributed by atoms with Gasteiger partial charge in [-0.15, -0.1) is 0 Å². The number of hydrogen-bond acceptors (Lipinski definition) is 9. The lowest BCUT2D eigenvalue weighted by atomic mass is 9.78. The number of carboxylic acid groups (broad SMARTS) is 3. The molecule has 1 fully saturated rings. The zero-order chi connectivity index (χ0) is 31.7. The first-order chi connectivity index (χ1) is 19.4. The number of aliphatic carboxylic acids is 3. The molecule has 2 aromatic rings. The molecule has 1 aliphatic heterocycles. The van der Waals surface area contributed by atoms with E-state index in [1.54, 1.807) is 0 Å². The van der Waals surface area contributed by atoms with Crippen LogP contribution >= 0.6 is 0 Å². The Labute approximate surface area is 245 Å². The third-order valence-corrected chi connectivity index (χ3v) is 6.87. The summed E-state index contributed by atoms with van der Waals surface area (Å²) in [6, 6.07) is 12.4. The van der Waals surface area contributed by atoms with Crippen molar-refractivity contribution in [1.82, 2.24) is 15.2 Å². The summed E-state index contributed by atoms with van der Waals surface area (Å²) >= 11 is 0. The van der Waals surface area contributed by atoms with Crippen LogP contribution in [0.5, 0.6) is 0 Å². The van der Waals surface area contributed by atoms with Crippen molar-refractivity contribution >= 4 is 23.9 Å². The number of nitrogens with one attached hydrogen (secondary N) is 1. The number of carbonyl (C=O) groups excluding carboxylic acids is 1. The minimum atomic E-state index is -2.74. The van der Waals surface area contributed by atoms with E-state index in [0.29, 0.717) is 11.6 Å². The first-order valence-corrected chi connectivity index (χ1v) is 13.4. The van der Waals surface area contributed by atoms with E-state index in [4.69, 9.17) is 25.2 Å². The van der Waals surface area contributed by atoms with Gasteiger partial charge in [0, 0.05) is 42.6 Å². The molecule has 1 aromatic carbocycles. The molecule has 0 amide bonds. The van der Waals surface area contributed by atoms with E-state index in [2.05, 4.69) is 55.0 Å². The number of nitrogens with zero attached hydrogens (tertiary/aromatic N) is 2. The second-order valence-electron chi connectivity index (χ2n) is 11.9. The van der Waals surface area contributed by atoms with E-state index >= 15 is 0 Å². The van der Waals surface area contributed by atoms with Crippen molar-refractivity contribution < 1.29 is 44.3 Å². The Hall–Kier alpha value is -3.87. The Morgan fingerprint density at radius 2 is 1.33 bits per heavy atom. The topological polar surface area (TPSA) is 187 Å². The first-order valence-electron chi connectivity index (χ1n) is 13.4. The normalized spacial score (nSPS) is 16.2. The molecule has 230 valence electrons. The number of esters is 1. The summed E-state index contributed by atoms with van der Waals surface area (Å²) in [6.45, 7) is 10.9. The van der Waals surface area contributed by atoms with Gasteiger partial charge in [0.15, 0.2) is 5.60 Å². The quantitative estimate of drug-likeness (QED) is 0.242. The second-order valence-corrected chi connectivity index (χ2v) is 11.9. The molecule has 5 N–H and O–H groups in total. The lowest BCUT2D eigenvalue weighted by Crippen LogP contribution is -2.62. The van der Waals surface area contributed by atoms with Gasteiger partial charge in [-0.3, -0.25) is 19.5 Å². The SMILES string of the molecule is COC(=O)c1ccc(CN(Cc2ccncc2)C2CC(C)(C)NC(C)(C)C2)cc1.O=C(O)CC(O)(CC(=O)O)C(=O)O. The fourth-order valence-electron chi connectivity index (χ4n) is 5.38. The summed E-state index contributed by atoms with van der Waals surface area (Å²) in [5, 5.41) is 37.6. The molecular formula is C30H41N3O9. The Kier molecular flexibility index (Phi) is 11.7. The number of carbonyl (C=O) groups is 4. The van der Waals surface area contributed by atoms with Gasteiger partial charge in [0.2, 0.25) is 0 Å². The molecular weight excluding hydrogens is 546 g/mol. The summed E-state index contributed by atoms with van der Waals surface area (Å²) in [7, 11) is 1.41. The standard InChI is InChI=1S/C24H33N3O2.C6H8O7/c1-23(2)14-21(15-24(3,4)26-23)27(17-19-10-12-25-13-11-19)16-18-6-8-20(9-7-18)22(28)29-5;7-3(8)1-6(13,5(11)12)2-4(9)10/h6-13,21,26H,14-17H2,1-5H3;13H,1-2H2,(H,7,8)(H,9,10)(H,11,12). The molecule has 0 atom stereocenters. The van der Waals surface area contributed by atoms with E-state index in [1.807, 2.05) is 36.7 Å². The number of hydrogen-bond donors (Lipinski definition) is 5. The summed E-state index contributed by atoms with van der Waals surface area (Å²) < 4.78 is 4.81. The highest BCUT2D eigenvalue weighted by Crippen LogP contribution is 2.33. The van der Waals surface area contributed by atoms with Gasteiger partial charge < -0.3 is 30.5 Å². The van der Waals surface area contributed by atoms with E-state index in [-0.39, 0.29) is 17.0 Å². The number of ether oxygens (including phenoxy) is 1. The van der Waals surface area contributed by atoms with Crippen molar-refractivity contribution in [1.29, 1.82) is 0 Å².